The fourth-order valence-corrected chi connectivity index (χ4v) is 1.31. The third kappa shape index (κ3) is 3.84. The molecular weight excluding hydrogens is 188 g/mol. The molecule has 2 nitrogen and oxygen atoms in total. The van der Waals surface area contributed by atoms with Crippen LogP contribution in [0.4, 0.5) is 0 Å². The predicted octanol–water partition coefficient (Wildman–Crippen LogP) is 3.11. The van der Waals surface area contributed by atoms with E-state index in [0.717, 1.165) is 16.7 Å². The highest BCUT2D eigenvalue weighted by atomic mass is 16.4. The second-order valence-electron chi connectivity index (χ2n) is 3.54. The van der Waals surface area contributed by atoms with Gasteiger partial charge in [-0.05, 0) is 25.0 Å². The molecule has 2 heteroatoms. The molecule has 0 spiro atoms. The van der Waals surface area contributed by atoms with E-state index in [4.69, 9.17) is 5.11 Å². The van der Waals surface area contributed by atoms with E-state index in [0.29, 0.717) is 0 Å². The van der Waals surface area contributed by atoms with Gasteiger partial charge in [-0.15, -0.1) is 5.73 Å². The van der Waals surface area contributed by atoms with Crippen molar-refractivity contribution in [2.75, 3.05) is 0 Å². The zero-order valence-electron chi connectivity index (χ0n) is 8.95. The molecule has 0 aliphatic rings. The minimum Gasteiger partial charge on any atom is -0.481 e. The average molecular weight is 202 g/mol. The van der Waals surface area contributed by atoms with E-state index in [9.17, 15) is 4.79 Å². The second-order valence-corrected chi connectivity index (χ2v) is 3.54. The molecule has 0 saturated carbocycles. The van der Waals surface area contributed by atoms with Crippen LogP contribution in [0, 0.1) is 0 Å². The Hall–Kier alpha value is -1.79. The summed E-state index contributed by atoms with van der Waals surface area (Å²) in [7, 11) is 0. The lowest BCUT2D eigenvalue weighted by Gasteiger charge is -2.01. The van der Waals surface area contributed by atoms with Crippen molar-refractivity contribution in [1.82, 2.24) is 0 Å². The van der Waals surface area contributed by atoms with Crippen molar-refractivity contribution in [2.24, 2.45) is 0 Å². The summed E-state index contributed by atoms with van der Waals surface area (Å²) in [4.78, 5) is 10.7. The van der Waals surface area contributed by atoms with Crippen molar-refractivity contribution < 1.29 is 9.90 Å². The van der Waals surface area contributed by atoms with Crippen LogP contribution in [0.3, 0.4) is 0 Å². The summed E-state index contributed by atoms with van der Waals surface area (Å²) in [6.45, 7) is 3.82. The fraction of sp³-hybridized carbons (Fsp3) is 0.231. The third-order valence-electron chi connectivity index (χ3n) is 1.85. The summed E-state index contributed by atoms with van der Waals surface area (Å²) in [5.41, 5.74) is 5.70. The largest absolute Gasteiger partial charge is 0.481 e. The first-order valence-corrected chi connectivity index (χ1v) is 4.80. The molecule has 0 radical (unpaired) electrons. The van der Waals surface area contributed by atoms with Gasteiger partial charge in [-0.2, -0.15) is 0 Å². The number of rotatable bonds is 3. The molecule has 0 amide bonds. The molecule has 0 aliphatic carbocycles. The summed E-state index contributed by atoms with van der Waals surface area (Å²) < 4.78 is 0. The third-order valence-corrected chi connectivity index (χ3v) is 1.85. The fourth-order valence-electron chi connectivity index (χ4n) is 1.31. The van der Waals surface area contributed by atoms with E-state index in [1.165, 1.54) is 0 Å². The number of carboxylic acids is 1. The van der Waals surface area contributed by atoms with Gasteiger partial charge in [0.15, 0.2) is 0 Å². The molecule has 0 aromatic heterocycles. The molecule has 15 heavy (non-hydrogen) atoms. The number of aliphatic carboxylic acids is 1. The van der Waals surface area contributed by atoms with Crippen LogP contribution in [0.25, 0.3) is 5.57 Å². The monoisotopic (exact) mass is 202 g/mol. The molecule has 0 aliphatic heterocycles. The van der Waals surface area contributed by atoms with Crippen molar-refractivity contribution in [3.63, 3.8) is 0 Å². The molecule has 78 valence electrons. The van der Waals surface area contributed by atoms with Crippen LogP contribution in [0.15, 0.2) is 41.6 Å². The predicted molar refractivity (Wildman–Crippen MR) is 60.5 cm³/mol. The standard InChI is InChI=1S/C13H14O2/c1-10(2)8-12(9-13(14)15)11-6-4-3-5-7-11/h3-7H,9H2,1-2H3,(H,14,15). The van der Waals surface area contributed by atoms with Crippen LogP contribution < -0.4 is 0 Å². The second kappa shape index (κ2) is 5.18. The average Bonchev–Trinajstić information content (AvgIpc) is 2.17. The zero-order valence-corrected chi connectivity index (χ0v) is 8.95. The van der Waals surface area contributed by atoms with Crippen LogP contribution in [0.5, 0.6) is 0 Å². The van der Waals surface area contributed by atoms with Gasteiger partial charge in [0, 0.05) is 5.57 Å². The Morgan fingerprint density at radius 1 is 1.27 bits per heavy atom. The summed E-state index contributed by atoms with van der Waals surface area (Å²) in [6.07, 6.45) is 0.00912. The van der Waals surface area contributed by atoms with Crippen LogP contribution >= 0.6 is 0 Å². The highest BCUT2D eigenvalue weighted by molar-refractivity contribution is 5.83. The summed E-state index contributed by atoms with van der Waals surface area (Å²) in [6, 6.07) is 9.49. The Balaban J connectivity index is 3.14. The van der Waals surface area contributed by atoms with Gasteiger partial charge in [-0.25, -0.2) is 0 Å². The molecule has 1 aromatic rings. The van der Waals surface area contributed by atoms with E-state index >= 15 is 0 Å². The Bertz CT molecular complexity index is 405. The molecule has 1 rings (SSSR count). The maximum atomic E-state index is 10.7. The number of hydrogen-bond acceptors (Lipinski definition) is 1. The number of hydrogen-bond donors (Lipinski definition) is 1. The Labute approximate surface area is 89.6 Å². The van der Waals surface area contributed by atoms with Gasteiger partial charge in [0.05, 0.1) is 6.42 Å². The van der Waals surface area contributed by atoms with Crippen LogP contribution in [0.2, 0.25) is 0 Å². The maximum absolute atomic E-state index is 10.7. The first kappa shape index (κ1) is 11.3. The Kier molecular flexibility index (Phi) is 3.90. The normalized spacial score (nSPS) is 9.20. The van der Waals surface area contributed by atoms with Gasteiger partial charge in [-0.3, -0.25) is 4.79 Å². The number of carboxylic acid groups (broad SMARTS) is 1. The Morgan fingerprint density at radius 3 is 2.33 bits per heavy atom. The van der Waals surface area contributed by atoms with E-state index in [1.807, 2.05) is 44.2 Å². The maximum Gasteiger partial charge on any atom is 0.308 e. The summed E-state index contributed by atoms with van der Waals surface area (Å²) in [5, 5.41) is 8.79. The van der Waals surface area contributed by atoms with Gasteiger partial charge >= 0.3 is 5.97 Å². The van der Waals surface area contributed by atoms with E-state index in [-0.39, 0.29) is 6.42 Å². The van der Waals surface area contributed by atoms with Gasteiger partial charge in [0.1, 0.15) is 0 Å². The van der Waals surface area contributed by atoms with Crippen molar-refractivity contribution >= 4 is 11.5 Å². The van der Waals surface area contributed by atoms with Gasteiger partial charge in [0.2, 0.25) is 0 Å². The lowest BCUT2D eigenvalue weighted by molar-refractivity contribution is -0.135. The quantitative estimate of drug-likeness (QED) is 0.764. The lowest BCUT2D eigenvalue weighted by atomic mass is 10.0. The van der Waals surface area contributed by atoms with E-state index < -0.39 is 5.97 Å². The van der Waals surface area contributed by atoms with Crippen LogP contribution in [-0.2, 0) is 4.79 Å². The van der Waals surface area contributed by atoms with Crippen molar-refractivity contribution in [3.05, 3.63) is 47.2 Å². The SMILES string of the molecule is CC(C)=C=C(CC(=O)O)c1ccccc1. The molecule has 0 unspecified atom stereocenters. The van der Waals surface area contributed by atoms with Crippen molar-refractivity contribution in [2.45, 2.75) is 20.3 Å². The minimum absolute atomic E-state index is 0.00912. The first-order valence-electron chi connectivity index (χ1n) is 4.80. The molecular formula is C13H14O2. The molecule has 1 aromatic carbocycles. The molecule has 0 fully saturated rings. The van der Waals surface area contributed by atoms with Crippen molar-refractivity contribution in [3.8, 4) is 0 Å². The van der Waals surface area contributed by atoms with Crippen LogP contribution in [-0.4, -0.2) is 11.1 Å². The van der Waals surface area contributed by atoms with Crippen LogP contribution in [0.1, 0.15) is 25.8 Å². The zero-order chi connectivity index (χ0) is 11.3. The Morgan fingerprint density at radius 2 is 1.87 bits per heavy atom. The summed E-state index contributed by atoms with van der Waals surface area (Å²) >= 11 is 0. The first-order chi connectivity index (χ1) is 7.09. The van der Waals surface area contributed by atoms with E-state index in [2.05, 4.69) is 5.73 Å². The molecule has 0 saturated heterocycles. The van der Waals surface area contributed by atoms with Gasteiger partial charge in [0.25, 0.3) is 0 Å². The van der Waals surface area contributed by atoms with E-state index in [1.54, 1.807) is 0 Å². The molecule has 0 heterocycles. The van der Waals surface area contributed by atoms with Gasteiger partial charge < -0.3 is 5.11 Å². The van der Waals surface area contributed by atoms with Gasteiger partial charge in [-0.1, -0.05) is 30.3 Å². The number of carbonyl (C=O) groups is 1. The molecule has 0 bridgehead atoms. The lowest BCUT2D eigenvalue weighted by Crippen LogP contribution is -1.96. The molecule has 0 atom stereocenters. The number of benzene rings is 1. The topological polar surface area (TPSA) is 37.3 Å². The summed E-state index contributed by atoms with van der Waals surface area (Å²) in [5.74, 6) is -0.831. The minimum atomic E-state index is -0.831. The highest BCUT2D eigenvalue weighted by Crippen LogP contribution is 2.17. The highest BCUT2D eigenvalue weighted by Gasteiger charge is 2.05. The van der Waals surface area contributed by atoms with Crippen molar-refractivity contribution in [1.29, 1.82) is 0 Å². The molecule has 1 N–H and O–H groups in total. The smallest absolute Gasteiger partial charge is 0.308 e.